The van der Waals surface area contributed by atoms with E-state index in [1.165, 1.54) is 13.3 Å². The van der Waals surface area contributed by atoms with Gasteiger partial charge in [0, 0.05) is 37.1 Å². The number of piperazine rings is 1. The SMILES string of the molecule is CC(F)C(=O)C1CNCCN1[C@H]1CC[C@H](Nc2ncnc3ccc(C#N)cc23)CC1. The number of rotatable bonds is 5. The predicted octanol–water partition coefficient (Wildman–Crippen LogP) is 2.43. The quantitative estimate of drug-likeness (QED) is 0.782. The molecule has 1 aromatic carbocycles. The number of nitrogens with zero attached hydrogens (tertiary/aromatic N) is 4. The summed E-state index contributed by atoms with van der Waals surface area (Å²) in [6.07, 6.45) is 3.91. The number of benzene rings is 1. The maximum absolute atomic E-state index is 13.7. The maximum atomic E-state index is 13.7. The average molecular weight is 410 g/mol. The first-order valence-corrected chi connectivity index (χ1v) is 10.6. The Kier molecular flexibility index (Phi) is 6.21. The van der Waals surface area contributed by atoms with Gasteiger partial charge in [0.1, 0.15) is 12.1 Å². The highest BCUT2D eigenvalue weighted by atomic mass is 19.1. The molecule has 0 radical (unpaired) electrons. The van der Waals surface area contributed by atoms with Gasteiger partial charge in [-0.05, 0) is 50.8 Å². The number of hydrogen-bond acceptors (Lipinski definition) is 7. The van der Waals surface area contributed by atoms with Gasteiger partial charge in [0.15, 0.2) is 12.0 Å². The van der Waals surface area contributed by atoms with Crippen molar-refractivity contribution in [2.75, 3.05) is 25.0 Å². The van der Waals surface area contributed by atoms with E-state index in [0.29, 0.717) is 18.2 Å². The van der Waals surface area contributed by atoms with E-state index in [-0.39, 0.29) is 17.9 Å². The Hall–Kier alpha value is -2.63. The van der Waals surface area contributed by atoms with Crippen molar-refractivity contribution in [3.63, 3.8) is 0 Å². The molecule has 0 bridgehead atoms. The first-order chi connectivity index (χ1) is 14.6. The number of hydrogen-bond donors (Lipinski definition) is 2. The van der Waals surface area contributed by atoms with Gasteiger partial charge in [-0.25, -0.2) is 14.4 Å². The van der Waals surface area contributed by atoms with Crippen molar-refractivity contribution in [3.8, 4) is 6.07 Å². The summed E-state index contributed by atoms with van der Waals surface area (Å²) in [5.41, 5.74) is 1.39. The van der Waals surface area contributed by atoms with Gasteiger partial charge in [-0.2, -0.15) is 5.26 Å². The normalized spacial score (nSPS) is 26.1. The average Bonchev–Trinajstić information content (AvgIpc) is 2.79. The number of carbonyl (C=O) groups excluding carboxylic acids is 1. The van der Waals surface area contributed by atoms with Gasteiger partial charge in [0.05, 0.1) is 23.2 Å². The molecule has 2 aromatic rings. The van der Waals surface area contributed by atoms with Crippen molar-refractivity contribution in [3.05, 3.63) is 30.1 Å². The van der Waals surface area contributed by atoms with Crippen LogP contribution < -0.4 is 10.6 Å². The lowest BCUT2D eigenvalue weighted by Crippen LogP contribution is -2.60. The van der Waals surface area contributed by atoms with Crippen molar-refractivity contribution >= 4 is 22.5 Å². The number of ketones is 1. The largest absolute Gasteiger partial charge is 0.367 e. The number of anilines is 1. The molecule has 7 nitrogen and oxygen atoms in total. The van der Waals surface area contributed by atoms with E-state index in [2.05, 4.69) is 31.6 Å². The van der Waals surface area contributed by atoms with E-state index in [9.17, 15) is 14.4 Å². The Bertz CT molecular complexity index is 950. The van der Waals surface area contributed by atoms with Crippen LogP contribution in [0.2, 0.25) is 0 Å². The van der Waals surface area contributed by atoms with Crippen LogP contribution in [0.25, 0.3) is 10.9 Å². The van der Waals surface area contributed by atoms with Crippen LogP contribution in [-0.2, 0) is 4.79 Å². The second kappa shape index (κ2) is 9.02. The van der Waals surface area contributed by atoms with E-state index in [1.807, 2.05) is 12.1 Å². The van der Waals surface area contributed by atoms with E-state index >= 15 is 0 Å². The topological polar surface area (TPSA) is 93.9 Å². The first-order valence-electron chi connectivity index (χ1n) is 10.6. The fourth-order valence-corrected chi connectivity index (χ4v) is 4.67. The lowest BCUT2D eigenvalue weighted by atomic mass is 9.88. The Morgan fingerprint density at radius 1 is 1.33 bits per heavy atom. The minimum Gasteiger partial charge on any atom is -0.367 e. The molecule has 0 amide bonds. The summed E-state index contributed by atoms with van der Waals surface area (Å²) in [6, 6.07) is 7.77. The molecule has 30 heavy (non-hydrogen) atoms. The van der Waals surface area contributed by atoms with Crippen molar-refractivity contribution in [1.29, 1.82) is 5.26 Å². The second-order valence-electron chi connectivity index (χ2n) is 8.19. The number of halogens is 1. The van der Waals surface area contributed by atoms with Crippen LogP contribution in [0.5, 0.6) is 0 Å². The Balaban J connectivity index is 1.42. The molecule has 2 fully saturated rings. The summed E-state index contributed by atoms with van der Waals surface area (Å²) in [5, 5.41) is 16.8. The zero-order valence-electron chi connectivity index (χ0n) is 17.1. The summed E-state index contributed by atoms with van der Waals surface area (Å²) in [5.74, 6) is 0.435. The van der Waals surface area contributed by atoms with Gasteiger partial charge in [-0.1, -0.05) is 0 Å². The van der Waals surface area contributed by atoms with Gasteiger partial charge in [0.2, 0.25) is 0 Å². The number of nitriles is 1. The molecule has 2 heterocycles. The molecule has 1 aliphatic heterocycles. The summed E-state index contributed by atoms with van der Waals surface area (Å²) in [7, 11) is 0. The number of nitrogens with one attached hydrogen (secondary N) is 2. The van der Waals surface area contributed by atoms with Gasteiger partial charge in [-0.15, -0.1) is 0 Å². The molecular formula is C22H27FN6O. The van der Waals surface area contributed by atoms with Crippen LogP contribution in [0.3, 0.4) is 0 Å². The highest BCUT2D eigenvalue weighted by Crippen LogP contribution is 2.29. The van der Waals surface area contributed by atoms with Crippen LogP contribution in [0.15, 0.2) is 24.5 Å². The fraction of sp³-hybridized carbons (Fsp3) is 0.545. The highest BCUT2D eigenvalue weighted by Gasteiger charge is 2.37. The van der Waals surface area contributed by atoms with Crippen LogP contribution in [0, 0.1) is 11.3 Å². The third kappa shape index (κ3) is 4.27. The second-order valence-corrected chi connectivity index (χ2v) is 8.19. The predicted molar refractivity (Wildman–Crippen MR) is 113 cm³/mol. The van der Waals surface area contributed by atoms with Crippen LogP contribution in [0.1, 0.15) is 38.2 Å². The number of carbonyl (C=O) groups is 1. The number of aromatic nitrogens is 2. The molecule has 2 aliphatic rings. The third-order valence-electron chi connectivity index (χ3n) is 6.28. The van der Waals surface area contributed by atoms with Crippen LogP contribution in [0.4, 0.5) is 10.2 Å². The van der Waals surface area contributed by atoms with Gasteiger partial charge >= 0.3 is 0 Å². The Morgan fingerprint density at radius 2 is 2.13 bits per heavy atom. The molecule has 2 N–H and O–H groups in total. The lowest BCUT2D eigenvalue weighted by Gasteiger charge is -2.43. The minimum absolute atomic E-state index is 0.266. The van der Waals surface area contributed by atoms with Gasteiger partial charge in [0.25, 0.3) is 0 Å². The lowest BCUT2D eigenvalue weighted by molar-refractivity contribution is -0.130. The van der Waals surface area contributed by atoms with Crippen molar-refractivity contribution < 1.29 is 9.18 Å². The maximum Gasteiger partial charge on any atom is 0.184 e. The molecule has 1 saturated carbocycles. The van der Waals surface area contributed by atoms with Crippen molar-refractivity contribution in [2.45, 2.75) is 56.9 Å². The van der Waals surface area contributed by atoms with E-state index in [4.69, 9.17) is 0 Å². The molecule has 1 aromatic heterocycles. The van der Waals surface area contributed by atoms with E-state index in [0.717, 1.165) is 55.5 Å². The molecule has 0 spiro atoms. The van der Waals surface area contributed by atoms with Crippen LogP contribution in [-0.4, -0.2) is 64.6 Å². The zero-order valence-corrected chi connectivity index (χ0v) is 17.1. The molecule has 1 saturated heterocycles. The molecule has 2 atom stereocenters. The summed E-state index contributed by atoms with van der Waals surface area (Å²) < 4.78 is 13.7. The smallest absolute Gasteiger partial charge is 0.184 e. The van der Waals surface area contributed by atoms with Gasteiger partial charge in [-0.3, -0.25) is 9.69 Å². The van der Waals surface area contributed by atoms with Crippen molar-refractivity contribution in [2.24, 2.45) is 0 Å². The highest BCUT2D eigenvalue weighted by molar-refractivity contribution is 5.90. The van der Waals surface area contributed by atoms with E-state index in [1.54, 1.807) is 6.07 Å². The molecular weight excluding hydrogens is 383 g/mol. The number of alkyl halides is 1. The Labute approximate surface area is 175 Å². The molecule has 158 valence electrons. The summed E-state index contributed by atoms with van der Waals surface area (Å²) in [4.78, 5) is 23.2. The zero-order chi connectivity index (χ0) is 21.1. The van der Waals surface area contributed by atoms with Crippen LogP contribution >= 0.6 is 0 Å². The first kappa shape index (κ1) is 20.6. The van der Waals surface area contributed by atoms with Crippen molar-refractivity contribution in [1.82, 2.24) is 20.2 Å². The standard InChI is InChI=1S/C22H27FN6O/c1-14(23)21(30)20-12-25-8-9-29(20)17-5-3-16(4-6-17)28-22-18-10-15(11-24)2-7-19(18)26-13-27-22/h2,7,10,13-14,16-17,20,25H,3-6,8-9,12H2,1H3,(H,26,27,28)/t14?,16-,17-,20?. The molecule has 2 unspecified atom stereocenters. The monoisotopic (exact) mass is 410 g/mol. The Morgan fingerprint density at radius 3 is 2.87 bits per heavy atom. The molecule has 4 rings (SSSR count). The summed E-state index contributed by atoms with van der Waals surface area (Å²) in [6.45, 7) is 3.47. The van der Waals surface area contributed by atoms with Gasteiger partial charge < -0.3 is 10.6 Å². The third-order valence-corrected chi connectivity index (χ3v) is 6.28. The molecule has 8 heteroatoms. The summed E-state index contributed by atoms with van der Waals surface area (Å²) >= 11 is 0. The molecule has 1 aliphatic carbocycles. The minimum atomic E-state index is -1.43. The number of Topliss-reactive ketones (excluding diaryl/α,β-unsaturated/α-hetero) is 1. The van der Waals surface area contributed by atoms with E-state index < -0.39 is 6.17 Å². The fourth-order valence-electron chi connectivity index (χ4n) is 4.67. The number of fused-ring (bicyclic) bond motifs is 1.